The highest BCUT2D eigenvalue weighted by Gasteiger charge is 2.24. The molecular weight excluding hydrogens is 294 g/mol. The van der Waals surface area contributed by atoms with E-state index in [0.29, 0.717) is 18.1 Å². The zero-order valence-electron chi connectivity index (χ0n) is 11.4. The van der Waals surface area contributed by atoms with Crippen LogP contribution < -0.4 is 10.9 Å². The largest absolute Gasteiger partial charge is 0.334 e. The molecule has 0 unspecified atom stereocenters. The van der Waals surface area contributed by atoms with E-state index in [1.165, 1.54) is 4.90 Å². The summed E-state index contributed by atoms with van der Waals surface area (Å²) in [5.74, 6) is -1.83. The molecule has 1 saturated heterocycles. The van der Waals surface area contributed by atoms with E-state index in [0.717, 1.165) is 18.4 Å². The van der Waals surface area contributed by atoms with Crippen LogP contribution >= 0.6 is 11.6 Å². The van der Waals surface area contributed by atoms with Gasteiger partial charge in [-0.3, -0.25) is 25.2 Å². The molecule has 0 saturated carbocycles. The van der Waals surface area contributed by atoms with Crippen LogP contribution in [-0.4, -0.2) is 35.7 Å². The molecule has 21 heavy (non-hydrogen) atoms. The van der Waals surface area contributed by atoms with Crippen molar-refractivity contribution in [3.8, 4) is 0 Å². The van der Waals surface area contributed by atoms with Gasteiger partial charge in [-0.05, 0) is 30.5 Å². The van der Waals surface area contributed by atoms with Gasteiger partial charge >= 0.3 is 11.8 Å². The van der Waals surface area contributed by atoms with Gasteiger partial charge in [0.1, 0.15) is 0 Å². The van der Waals surface area contributed by atoms with Crippen molar-refractivity contribution in [2.75, 3.05) is 13.1 Å². The van der Waals surface area contributed by atoms with Crippen LogP contribution in [0.5, 0.6) is 0 Å². The Bertz CT molecular complexity index is 539. The lowest BCUT2D eigenvalue weighted by molar-refractivity contribution is -0.146. The molecule has 0 aliphatic carbocycles. The second-order valence-corrected chi connectivity index (χ2v) is 5.24. The first-order chi connectivity index (χ1) is 10.1. The molecule has 6 nitrogen and oxygen atoms in total. The van der Waals surface area contributed by atoms with Crippen molar-refractivity contribution in [3.05, 3.63) is 34.9 Å². The summed E-state index contributed by atoms with van der Waals surface area (Å²) in [6.45, 7) is 1.18. The number of hydrogen-bond acceptors (Lipinski definition) is 3. The molecule has 1 aliphatic heterocycles. The van der Waals surface area contributed by atoms with Crippen molar-refractivity contribution >= 4 is 29.3 Å². The van der Waals surface area contributed by atoms with Gasteiger partial charge < -0.3 is 4.90 Å². The summed E-state index contributed by atoms with van der Waals surface area (Å²) >= 11 is 5.75. The van der Waals surface area contributed by atoms with Crippen LogP contribution in [0, 0.1) is 0 Å². The molecule has 0 spiro atoms. The summed E-state index contributed by atoms with van der Waals surface area (Å²) in [5, 5.41) is 0.587. The highest BCUT2D eigenvalue weighted by atomic mass is 35.5. The van der Waals surface area contributed by atoms with Gasteiger partial charge in [0.15, 0.2) is 0 Å². The number of nitrogens with zero attached hydrogens (tertiary/aromatic N) is 1. The maximum Gasteiger partial charge on any atom is 0.327 e. The fourth-order valence-corrected chi connectivity index (χ4v) is 2.20. The van der Waals surface area contributed by atoms with Gasteiger partial charge in [0.2, 0.25) is 5.91 Å². The summed E-state index contributed by atoms with van der Waals surface area (Å²) in [5.41, 5.74) is 5.13. The summed E-state index contributed by atoms with van der Waals surface area (Å²) in [4.78, 5) is 36.4. The van der Waals surface area contributed by atoms with Crippen molar-refractivity contribution in [1.82, 2.24) is 15.8 Å². The second kappa shape index (κ2) is 7.08. The molecule has 1 aliphatic rings. The first kappa shape index (κ1) is 15.3. The Balaban J connectivity index is 1.76. The summed E-state index contributed by atoms with van der Waals surface area (Å²) in [7, 11) is 0. The molecule has 7 heteroatoms. The van der Waals surface area contributed by atoms with Crippen LogP contribution in [0.1, 0.15) is 18.4 Å². The Morgan fingerprint density at radius 2 is 1.67 bits per heavy atom. The minimum atomic E-state index is -0.818. The van der Waals surface area contributed by atoms with Gasteiger partial charge in [-0.1, -0.05) is 23.7 Å². The molecule has 3 amide bonds. The van der Waals surface area contributed by atoms with Crippen molar-refractivity contribution in [2.45, 2.75) is 19.3 Å². The number of carbonyl (C=O) groups is 3. The third kappa shape index (κ3) is 4.46. The van der Waals surface area contributed by atoms with Crippen LogP contribution in [0.25, 0.3) is 0 Å². The van der Waals surface area contributed by atoms with E-state index in [4.69, 9.17) is 11.6 Å². The average Bonchev–Trinajstić information content (AvgIpc) is 3.00. The molecule has 0 aromatic heterocycles. The number of hydrazine groups is 1. The monoisotopic (exact) mass is 309 g/mol. The van der Waals surface area contributed by atoms with Crippen LogP contribution in [0.15, 0.2) is 24.3 Å². The van der Waals surface area contributed by atoms with Gasteiger partial charge in [0.25, 0.3) is 0 Å². The molecule has 2 N–H and O–H groups in total. The predicted octanol–water partition coefficient (Wildman–Crippen LogP) is 0.652. The molecule has 1 aromatic rings. The molecule has 2 rings (SSSR count). The van der Waals surface area contributed by atoms with Gasteiger partial charge in [-0.2, -0.15) is 0 Å². The normalized spacial score (nSPS) is 13.9. The Labute approximate surface area is 127 Å². The third-order valence-electron chi connectivity index (χ3n) is 3.18. The quantitative estimate of drug-likeness (QED) is 0.622. The smallest absolute Gasteiger partial charge is 0.327 e. The average molecular weight is 310 g/mol. The first-order valence-corrected chi connectivity index (χ1v) is 7.06. The van der Waals surface area contributed by atoms with Crippen molar-refractivity contribution in [1.29, 1.82) is 0 Å². The first-order valence-electron chi connectivity index (χ1n) is 6.69. The zero-order valence-corrected chi connectivity index (χ0v) is 12.2. The molecule has 1 fully saturated rings. The van der Waals surface area contributed by atoms with Crippen LogP contribution in [-0.2, 0) is 20.8 Å². The van der Waals surface area contributed by atoms with E-state index >= 15 is 0 Å². The number of carbonyl (C=O) groups excluding carboxylic acids is 3. The minimum absolute atomic E-state index is 0.0926. The lowest BCUT2D eigenvalue weighted by Crippen LogP contribution is -2.49. The van der Waals surface area contributed by atoms with Crippen molar-refractivity contribution in [3.63, 3.8) is 0 Å². The molecule has 112 valence electrons. The van der Waals surface area contributed by atoms with E-state index in [1.807, 2.05) is 0 Å². The fourth-order valence-electron chi connectivity index (χ4n) is 2.08. The summed E-state index contributed by atoms with van der Waals surface area (Å²) < 4.78 is 0. The van der Waals surface area contributed by atoms with Crippen LogP contribution in [0.2, 0.25) is 5.02 Å². The number of hydrogen-bond donors (Lipinski definition) is 2. The SMILES string of the molecule is O=C(Cc1ccc(Cl)cc1)NNC(=O)C(=O)N1CCCC1. The number of nitrogens with one attached hydrogen (secondary N) is 2. The van der Waals surface area contributed by atoms with Gasteiger partial charge in [0, 0.05) is 18.1 Å². The van der Waals surface area contributed by atoms with Gasteiger partial charge in [0.05, 0.1) is 6.42 Å². The van der Waals surface area contributed by atoms with Gasteiger partial charge in [-0.25, -0.2) is 0 Å². The van der Waals surface area contributed by atoms with E-state index in [1.54, 1.807) is 24.3 Å². The molecule has 1 heterocycles. The highest BCUT2D eigenvalue weighted by molar-refractivity contribution is 6.35. The molecular formula is C14H16ClN3O3. The highest BCUT2D eigenvalue weighted by Crippen LogP contribution is 2.09. The molecule has 0 atom stereocenters. The van der Waals surface area contributed by atoms with Crippen molar-refractivity contribution < 1.29 is 14.4 Å². The standard InChI is InChI=1S/C14H16ClN3O3/c15-11-5-3-10(4-6-11)9-12(19)16-17-13(20)14(21)18-7-1-2-8-18/h3-6H,1-2,7-9H2,(H,16,19)(H,17,20). The fraction of sp³-hybridized carbons (Fsp3) is 0.357. The van der Waals surface area contributed by atoms with Crippen LogP contribution in [0.4, 0.5) is 0 Å². The minimum Gasteiger partial charge on any atom is -0.334 e. The Kier molecular flexibility index (Phi) is 5.16. The number of amides is 3. The van der Waals surface area contributed by atoms with Gasteiger partial charge in [-0.15, -0.1) is 0 Å². The number of benzene rings is 1. The topological polar surface area (TPSA) is 78.5 Å². The number of likely N-dealkylation sites (tertiary alicyclic amines) is 1. The zero-order chi connectivity index (χ0) is 15.2. The maximum absolute atomic E-state index is 11.7. The Morgan fingerprint density at radius 3 is 2.29 bits per heavy atom. The number of rotatable bonds is 2. The Morgan fingerprint density at radius 1 is 1.05 bits per heavy atom. The lowest BCUT2D eigenvalue weighted by atomic mass is 10.1. The second-order valence-electron chi connectivity index (χ2n) is 4.80. The lowest BCUT2D eigenvalue weighted by Gasteiger charge is -2.14. The van der Waals surface area contributed by atoms with Crippen LogP contribution in [0.3, 0.4) is 0 Å². The molecule has 0 bridgehead atoms. The van der Waals surface area contributed by atoms with E-state index in [-0.39, 0.29) is 6.42 Å². The summed E-state index contributed by atoms with van der Waals surface area (Å²) in [6.07, 6.45) is 1.90. The van der Waals surface area contributed by atoms with E-state index < -0.39 is 17.7 Å². The van der Waals surface area contributed by atoms with Crippen molar-refractivity contribution in [2.24, 2.45) is 0 Å². The number of halogens is 1. The molecule has 1 aromatic carbocycles. The third-order valence-corrected chi connectivity index (χ3v) is 3.43. The maximum atomic E-state index is 11.7. The molecule has 0 radical (unpaired) electrons. The predicted molar refractivity (Wildman–Crippen MR) is 77.3 cm³/mol. The Hall–Kier alpha value is -2.08. The summed E-state index contributed by atoms with van der Waals surface area (Å²) in [6, 6.07) is 6.80. The van der Waals surface area contributed by atoms with E-state index in [2.05, 4.69) is 10.9 Å². The van der Waals surface area contributed by atoms with E-state index in [9.17, 15) is 14.4 Å².